The van der Waals surface area contributed by atoms with Gasteiger partial charge in [-0.25, -0.2) is 0 Å². The molecule has 2 rings (SSSR count). The molecule has 0 aliphatic heterocycles. The molecule has 0 atom stereocenters. The zero-order chi connectivity index (χ0) is 13.1. The van der Waals surface area contributed by atoms with Crippen LogP contribution in [0.3, 0.4) is 0 Å². The molecule has 2 aromatic rings. The van der Waals surface area contributed by atoms with Crippen molar-refractivity contribution in [3.63, 3.8) is 0 Å². The number of rotatable bonds is 4. The van der Waals surface area contributed by atoms with Crippen LogP contribution in [0.1, 0.15) is 12.5 Å². The Morgan fingerprint density at radius 2 is 2.17 bits per heavy atom. The first kappa shape index (κ1) is 12.6. The van der Waals surface area contributed by atoms with Crippen LogP contribution in [0.4, 0.5) is 0 Å². The fraction of sp³-hybridized carbons (Fsp3) is 0.357. The van der Waals surface area contributed by atoms with Gasteiger partial charge >= 0.3 is 0 Å². The molecule has 4 heteroatoms. The average Bonchev–Trinajstić information content (AvgIpc) is 2.39. The average molecular weight is 246 g/mol. The maximum Gasteiger partial charge on any atom is 0.254 e. The van der Waals surface area contributed by atoms with E-state index in [1.54, 1.807) is 11.7 Å². The smallest absolute Gasteiger partial charge is 0.254 e. The lowest BCUT2D eigenvalue weighted by atomic mass is 10.1. The van der Waals surface area contributed by atoms with Gasteiger partial charge in [0.25, 0.3) is 5.56 Å². The van der Waals surface area contributed by atoms with Crippen LogP contribution in [-0.2, 0) is 13.0 Å². The highest BCUT2D eigenvalue weighted by molar-refractivity contribution is 5.86. The van der Waals surface area contributed by atoms with Crippen molar-refractivity contribution in [2.75, 3.05) is 13.7 Å². The molecule has 0 fully saturated rings. The minimum atomic E-state index is 0.0451. The number of benzene rings is 1. The van der Waals surface area contributed by atoms with Gasteiger partial charge in [-0.1, -0.05) is 6.07 Å². The highest BCUT2D eigenvalue weighted by atomic mass is 16.5. The summed E-state index contributed by atoms with van der Waals surface area (Å²) in [6.07, 6.45) is 0.590. The van der Waals surface area contributed by atoms with Crippen molar-refractivity contribution in [2.24, 2.45) is 5.73 Å². The maximum atomic E-state index is 12.3. The number of aromatic nitrogens is 1. The van der Waals surface area contributed by atoms with E-state index in [4.69, 9.17) is 10.5 Å². The Kier molecular flexibility index (Phi) is 3.67. The van der Waals surface area contributed by atoms with E-state index >= 15 is 0 Å². The summed E-state index contributed by atoms with van der Waals surface area (Å²) in [6.45, 7) is 3.08. The first-order valence-electron chi connectivity index (χ1n) is 6.12. The second-order valence-electron chi connectivity index (χ2n) is 4.15. The third-order valence-corrected chi connectivity index (χ3v) is 3.12. The molecule has 1 heterocycles. The number of ether oxygens (including phenoxy) is 1. The summed E-state index contributed by atoms with van der Waals surface area (Å²) in [5, 5.41) is 0.963. The van der Waals surface area contributed by atoms with Crippen molar-refractivity contribution in [1.82, 2.24) is 4.57 Å². The molecule has 0 spiro atoms. The largest absolute Gasteiger partial charge is 0.496 e. The molecule has 4 nitrogen and oxygen atoms in total. The van der Waals surface area contributed by atoms with E-state index in [2.05, 4.69) is 0 Å². The molecule has 0 saturated heterocycles. The Bertz CT molecular complexity index is 617. The predicted octanol–water partition coefficient (Wildman–Crippen LogP) is 1.53. The Balaban J connectivity index is 2.83. The lowest BCUT2D eigenvalue weighted by Crippen LogP contribution is -2.25. The molecule has 0 amide bonds. The summed E-state index contributed by atoms with van der Waals surface area (Å²) < 4.78 is 7.12. The highest BCUT2D eigenvalue weighted by Crippen LogP contribution is 2.25. The van der Waals surface area contributed by atoms with E-state index in [1.807, 2.05) is 31.2 Å². The number of nitrogens with two attached hydrogens (primary N) is 1. The number of methoxy groups -OCH3 is 1. The summed E-state index contributed by atoms with van der Waals surface area (Å²) in [6, 6.07) is 7.64. The first-order valence-corrected chi connectivity index (χ1v) is 6.12. The summed E-state index contributed by atoms with van der Waals surface area (Å²) in [5.74, 6) is 0.785. The van der Waals surface area contributed by atoms with Crippen LogP contribution in [-0.4, -0.2) is 18.2 Å². The Labute approximate surface area is 106 Å². The zero-order valence-corrected chi connectivity index (χ0v) is 10.8. The second-order valence-corrected chi connectivity index (χ2v) is 4.15. The lowest BCUT2D eigenvalue weighted by molar-refractivity contribution is 0.419. The number of fused-ring (bicyclic) bond motifs is 1. The Hall–Kier alpha value is -1.81. The number of hydrogen-bond donors (Lipinski definition) is 1. The van der Waals surface area contributed by atoms with E-state index in [0.717, 1.165) is 22.2 Å². The number of pyridine rings is 1. The van der Waals surface area contributed by atoms with E-state index in [0.29, 0.717) is 19.5 Å². The molecule has 96 valence electrons. The molecule has 18 heavy (non-hydrogen) atoms. The maximum absolute atomic E-state index is 12.3. The quantitative estimate of drug-likeness (QED) is 0.890. The van der Waals surface area contributed by atoms with Gasteiger partial charge in [0.05, 0.1) is 12.6 Å². The monoisotopic (exact) mass is 246 g/mol. The normalized spacial score (nSPS) is 10.8. The lowest BCUT2D eigenvalue weighted by Gasteiger charge is -2.13. The fourth-order valence-electron chi connectivity index (χ4n) is 2.26. The van der Waals surface area contributed by atoms with E-state index in [9.17, 15) is 4.79 Å². The summed E-state index contributed by atoms with van der Waals surface area (Å²) >= 11 is 0. The van der Waals surface area contributed by atoms with Gasteiger partial charge in [-0.05, 0) is 38.1 Å². The molecule has 0 bridgehead atoms. The van der Waals surface area contributed by atoms with E-state index < -0.39 is 0 Å². The van der Waals surface area contributed by atoms with Gasteiger partial charge in [-0.2, -0.15) is 0 Å². The van der Waals surface area contributed by atoms with Crippen LogP contribution in [0.25, 0.3) is 10.9 Å². The number of nitrogens with zero attached hydrogens (tertiary/aromatic N) is 1. The van der Waals surface area contributed by atoms with Gasteiger partial charge in [-0.3, -0.25) is 4.79 Å². The van der Waals surface area contributed by atoms with Crippen molar-refractivity contribution in [3.8, 4) is 5.75 Å². The summed E-state index contributed by atoms with van der Waals surface area (Å²) in [7, 11) is 1.64. The third-order valence-electron chi connectivity index (χ3n) is 3.12. The van der Waals surface area contributed by atoms with Gasteiger partial charge in [0.15, 0.2) is 0 Å². The fourth-order valence-corrected chi connectivity index (χ4v) is 2.26. The zero-order valence-electron chi connectivity index (χ0n) is 10.8. The molecule has 1 aromatic carbocycles. The van der Waals surface area contributed by atoms with Crippen LogP contribution in [0, 0.1) is 0 Å². The molecule has 0 unspecified atom stereocenters. The van der Waals surface area contributed by atoms with E-state index in [1.165, 1.54) is 0 Å². The third kappa shape index (κ3) is 1.99. The molecule has 0 aliphatic carbocycles. The topological polar surface area (TPSA) is 57.2 Å². The van der Waals surface area contributed by atoms with Gasteiger partial charge in [0.2, 0.25) is 0 Å². The van der Waals surface area contributed by atoms with Crippen LogP contribution >= 0.6 is 0 Å². The van der Waals surface area contributed by atoms with Crippen LogP contribution in [0.2, 0.25) is 0 Å². The van der Waals surface area contributed by atoms with E-state index in [-0.39, 0.29) is 5.56 Å². The van der Waals surface area contributed by atoms with Gasteiger partial charge in [0.1, 0.15) is 5.75 Å². The second kappa shape index (κ2) is 5.23. The Morgan fingerprint density at radius 1 is 1.39 bits per heavy atom. The molecule has 0 radical (unpaired) electrons. The Morgan fingerprint density at radius 3 is 2.78 bits per heavy atom. The van der Waals surface area contributed by atoms with Crippen molar-refractivity contribution in [3.05, 3.63) is 40.2 Å². The molecule has 0 aliphatic rings. The molecule has 1 aromatic heterocycles. The minimum Gasteiger partial charge on any atom is -0.496 e. The number of aryl methyl sites for hydroxylation is 1. The SMILES string of the molecule is CCn1c(=O)c(CCN)cc2c(OC)cccc21. The van der Waals surface area contributed by atoms with Crippen LogP contribution in [0.15, 0.2) is 29.1 Å². The summed E-state index contributed by atoms with van der Waals surface area (Å²) in [4.78, 5) is 12.3. The number of hydrogen-bond acceptors (Lipinski definition) is 3. The molecular formula is C14H18N2O2. The molecule has 2 N–H and O–H groups in total. The summed E-state index contributed by atoms with van der Waals surface area (Å²) in [5.41, 5.74) is 7.25. The minimum absolute atomic E-state index is 0.0451. The van der Waals surface area contributed by atoms with Crippen molar-refractivity contribution >= 4 is 10.9 Å². The standard InChI is InChI=1S/C14H18N2O2/c1-3-16-12-5-4-6-13(18-2)11(12)9-10(7-8-15)14(16)17/h4-6,9H,3,7-8,15H2,1-2H3. The van der Waals surface area contributed by atoms with Gasteiger partial charge < -0.3 is 15.0 Å². The first-order chi connectivity index (χ1) is 8.72. The van der Waals surface area contributed by atoms with Gasteiger partial charge in [-0.15, -0.1) is 0 Å². The van der Waals surface area contributed by atoms with Crippen LogP contribution < -0.4 is 16.0 Å². The van der Waals surface area contributed by atoms with Crippen LogP contribution in [0.5, 0.6) is 5.75 Å². The highest BCUT2D eigenvalue weighted by Gasteiger charge is 2.10. The molecular weight excluding hydrogens is 228 g/mol. The van der Waals surface area contributed by atoms with Crippen molar-refractivity contribution < 1.29 is 4.74 Å². The van der Waals surface area contributed by atoms with Crippen molar-refractivity contribution in [2.45, 2.75) is 19.9 Å². The van der Waals surface area contributed by atoms with Crippen molar-refractivity contribution in [1.29, 1.82) is 0 Å². The predicted molar refractivity (Wildman–Crippen MR) is 73.2 cm³/mol. The van der Waals surface area contributed by atoms with Gasteiger partial charge in [0, 0.05) is 17.5 Å². The molecule has 0 saturated carbocycles.